The van der Waals surface area contributed by atoms with Crippen LogP contribution in [0.25, 0.3) is 10.8 Å². The van der Waals surface area contributed by atoms with Gasteiger partial charge in [0.15, 0.2) is 16.6 Å². The van der Waals surface area contributed by atoms with E-state index in [0.29, 0.717) is 6.42 Å². The van der Waals surface area contributed by atoms with E-state index in [-0.39, 0.29) is 18.8 Å². The third kappa shape index (κ3) is 8.00. The zero-order chi connectivity index (χ0) is 25.9. The van der Waals surface area contributed by atoms with E-state index >= 15 is 0 Å². The third-order valence-electron chi connectivity index (χ3n) is 8.67. The van der Waals surface area contributed by atoms with Crippen molar-refractivity contribution in [2.45, 2.75) is 123 Å². The fourth-order valence-electron chi connectivity index (χ4n) is 5.68. The Hall–Kier alpha value is -0.986. The minimum atomic E-state index is -1.77. The molecule has 0 heterocycles. The van der Waals surface area contributed by atoms with Crippen LogP contribution in [0.4, 0.5) is 0 Å². The Morgan fingerprint density at radius 1 is 0.714 bits per heavy atom. The van der Waals surface area contributed by atoms with Crippen LogP contribution in [-0.2, 0) is 15.3 Å². The number of aryl methyl sites for hydroxylation is 2. The number of benzene rings is 2. The summed E-state index contributed by atoms with van der Waals surface area (Å²) in [5.41, 5.74) is 2.82. The molecule has 0 saturated heterocycles. The highest BCUT2D eigenvalue weighted by Gasteiger charge is 2.36. The van der Waals surface area contributed by atoms with Crippen molar-refractivity contribution < 1.29 is 14.0 Å². The van der Waals surface area contributed by atoms with E-state index in [1.807, 2.05) is 0 Å². The van der Waals surface area contributed by atoms with Crippen LogP contribution >= 0.6 is 0 Å². The third-order valence-corrected chi connectivity index (χ3v) is 18.1. The molecule has 1 N–H and O–H groups in total. The number of hydrogen-bond donors (Lipinski definition) is 1. The van der Waals surface area contributed by atoms with Gasteiger partial charge < -0.3 is 14.0 Å². The molecule has 0 radical (unpaired) electrons. The average Bonchev–Trinajstić information content (AvgIpc) is 2.89. The summed E-state index contributed by atoms with van der Waals surface area (Å²) in [6.07, 6.45) is 3.89. The predicted molar refractivity (Wildman–Crippen MR) is 157 cm³/mol. The normalized spacial score (nSPS) is 14.4. The van der Waals surface area contributed by atoms with Crippen molar-refractivity contribution >= 4 is 27.4 Å². The van der Waals surface area contributed by atoms with E-state index in [1.165, 1.54) is 21.9 Å². The summed E-state index contributed by atoms with van der Waals surface area (Å²) >= 11 is 0. The van der Waals surface area contributed by atoms with Crippen molar-refractivity contribution in [3.05, 3.63) is 47.5 Å². The summed E-state index contributed by atoms with van der Waals surface area (Å²) in [7, 11) is -3.52. The minimum Gasteiger partial charge on any atom is -0.414 e. The molecule has 0 aliphatic carbocycles. The van der Waals surface area contributed by atoms with Gasteiger partial charge in [0.05, 0.1) is 0 Å². The van der Waals surface area contributed by atoms with Crippen LogP contribution in [0.5, 0.6) is 0 Å². The van der Waals surface area contributed by atoms with E-state index in [1.54, 1.807) is 0 Å². The van der Waals surface area contributed by atoms with Gasteiger partial charge in [0.1, 0.15) is 0 Å². The van der Waals surface area contributed by atoms with E-state index in [9.17, 15) is 5.11 Å². The SMILES string of the molecule is CC[Si](CC)(CC)O[C@H](CCc1c(C)ccc2ccccc12)C[C@H](CCO)O[Si](CC)(CC)CC. The van der Waals surface area contributed by atoms with Crippen LogP contribution in [0, 0.1) is 6.92 Å². The van der Waals surface area contributed by atoms with Gasteiger partial charge in [0.2, 0.25) is 0 Å². The summed E-state index contributed by atoms with van der Waals surface area (Å²) in [5.74, 6) is 0. The van der Waals surface area contributed by atoms with Crippen molar-refractivity contribution in [3.63, 3.8) is 0 Å². The highest BCUT2D eigenvalue weighted by Crippen LogP contribution is 2.32. The molecule has 2 aromatic carbocycles. The van der Waals surface area contributed by atoms with Crippen LogP contribution in [0.15, 0.2) is 36.4 Å². The summed E-state index contributed by atoms with van der Waals surface area (Å²) in [6, 6.07) is 20.1. The molecule has 0 unspecified atom stereocenters. The summed E-state index contributed by atoms with van der Waals surface area (Å²) in [6.45, 7) is 16.2. The lowest BCUT2D eigenvalue weighted by Gasteiger charge is -2.38. The van der Waals surface area contributed by atoms with Crippen LogP contribution in [0.1, 0.15) is 71.9 Å². The lowest BCUT2D eigenvalue weighted by molar-refractivity contribution is 0.0745. The molecule has 198 valence electrons. The Balaban J connectivity index is 2.33. The minimum absolute atomic E-state index is 0.0856. The highest BCUT2D eigenvalue weighted by molar-refractivity contribution is 6.74. The molecule has 3 nitrogen and oxygen atoms in total. The molecule has 0 amide bonds. The summed E-state index contributed by atoms with van der Waals surface area (Å²) in [5, 5.41) is 12.6. The maximum Gasteiger partial charge on any atom is 0.192 e. The quantitative estimate of drug-likeness (QED) is 0.214. The van der Waals surface area contributed by atoms with E-state index in [2.05, 4.69) is 84.9 Å². The second-order valence-electron chi connectivity index (χ2n) is 10.3. The van der Waals surface area contributed by atoms with E-state index in [0.717, 1.165) is 55.5 Å². The predicted octanol–water partition coefficient (Wildman–Crippen LogP) is 8.63. The van der Waals surface area contributed by atoms with Gasteiger partial charge in [-0.1, -0.05) is 77.9 Å². The molecular formula is C30H52O3Si2. The fourth-order valence-corrected chi connectivity index (χ4v) is 11.5. The maximum absolute atomic E-state index is 9.90. The molecule has 0 aliphatic rings. The monoisotopic (exact) mass is 516 g/mol. The molecule has 2 rings (SSSR count). The smallest absolute Gasteiger partial charge is 0.192 e. The Morgan fingerprint density at radius 3 is 1.74 bits per heavy atom. The number of hydrogen-bond acceptors (Lipinski definition) is 3. The first kappa shape index (κ1) is 30.2. The molecule has 0 spiro atoms. The van der Waals surface area contributed by atoms with E-state index < -0.39 is 16.6 Å². The Morgan fingerprint density at radius 2 is 1.23 bits per heavy atom. The van der Waals surface area contributed by atoms with Gasteiger partial charge in [-0.05, 0) is 90.8 Å². The van der Waals surface area contributed by atoms with Gasteiger partial charge in [-0.25, -0.2) is 0 Å². The topological polar surface area (TPSA) is 38.7 Å². The molecule has 0 bridgehead atoms. The van der Waals surface area contributed by atoms with Crippen LogP contribution in [0.2, 0.25) is 36.3 Å². The highest BCUT2D eigenvalue weighted by atomic mass is 28.4. The van der Waals surface area contributed by atoms with E-state index in [4.69, 9.17) is 8.85 Å². The van der Waals surface area contributed by atoms with Gasteiger partial charge in [-0.3, -0.25) is 0 Å². The molecule has 0 aliphatic heterocycles. The van der Waals surface area contributed by atoms with Crippen LogP contribution in [0.3, 0.4) is 0 Å². The van der Waals surface area contributed by atoms with Crippen molar-refractivity contribution in [2.75, 3.05) is 6.61 Å². The first-order valence-corrected chi connectivity index (χ1v) is 19.3. The maximum atomic E-state index is 9.90. The van der Waals surface area contributed by atoms with Crippen molar-refractivity contribution in [2.24, 2.45) is 0 Å². The van der Waals surface area contributed by atoms with Gasteiger partial charge in [0.25, 0.3) is 0 Å². The largest absolute Gasteiger partial charge is 0.414 e. The zero-order valence-electron chi connectivity index (χ0n) is 23.7. The van der Waals surface area contributed by atoms with Crippen LogP contribution < -0.4 is 0 Å². The molecule has 0 saturated carbocycles. The Labute approximate surface area is 217 Å². The van der Waals surface area contributed by atoms with Crippen molar-refractivity contribution in [1.29, 1.82) is 0 Å². The Bertz CT molecular complexity index is 861. The standard InChI is InChI=1S/C30H52O3Si2/c1-8-34(9-2,10-3)32-27(24-28(22-23-31)33-35(11-4,12-5)13-6)20-21-29-25(7)18-19-26-16-14-15-17-30(26)29/h14-19,27-28,31H,8-13,20-24H2,1-7H3/t27-,28+/m1/s1. The van der Waals surface area contributed by atoms with Gasteiger partial charge >= 0.3 is 0 Å². The van der Waals surface area contributed by atoms with Gasteiger partial charge in [-0.2, -0.15) is 0 Å². The zero-order valence-corrected chi connectivity index (χ0v) is 25.7. The number of rotatable bonds is 17. The summed E-state index contributed by atoms with van der Waals surface area (Å²) in [4.78, 5) is 0. The molecule has 0 fully saturated rings. The van der Waals surface area contributed by atoms with Gasteiger partial charge in [0, 0.05) is 18.8 Å². The van der Waals surface area contributed by atoms with Crippen LogP contribution in [-0.4, -0.2) is 40.6 Å². The fraction of sp³-hybridized carbons (Fsp3) is 0.667. The van der Waals surface area contributed by atoms with Crippen molar-refractivity contribution in [3.8, 4) is 0 Å². The molecule has 35 heavy (non-hydrogen) atoms. The number of aliphatic hydroxyl groups excluding tert-OH is 1. The first-order chi connectivity index (χ1) is 16.8. The number of aliphatic hydroxyl groups is 1. The lowest BCUT2D eigenvalue weighted by Crippen LogP contribution is -2.44. The average molecular weight is 517 g/mol. The van der Waals surface area contributed by atoms with Crippen molar-refractivity contribution in [1.82, 2.24) is 0 Å². The molecule has 0 aromatic heterocycles. The number of fused-ring (bicyclic) bond motifs is 1. The summed E-state index contributed by atoms with van der Waals surface area (Å²) < 4.78 is 14.1. The molecule has 5 heteroatoms. The lowest BCUT2D eigenvalue weighted by atomic mass is 9.94. The molecular weight excluding hydrogens is 464 g/mol. The Kier molecular flexibility index (Phi) is 12.7. The van der Waals surface area contributed by atoms with Gasteiger partial charge in [-0.15, -0.1) is 0 Å². The second-order valence-corrected chi connectivity index (χ2v) is 19.8. The molecule has 2 atom stereocenters. The first-order valence-electron chi connectivity index (χ1n) is 14.3. The molecule has 2 aromatic rings. The second kappa shape index (κ2) is 14.7.